The Kier molecular flexibility index (Phi) is 4.93. The van der Waals surface area contributed by atoms with Crippen LogP contribution in [0.25, 0.3) is 0 Å². The van der Waals surface area contributed by atoms with Crippen molar-refractivity contribution in [3.63, 3.8) is 0 Å². The van der Waals surface area contributed by atoms with Crippen LogP contribution in [0.4, 0.5) is 0 Å². The summed E-state index contributed by atoms with van der Waals surface area (Å²) < 4.78 is 4.61. The SMILES string of the molecule is [CH2]C(O)(CCl)CCOC(=O)C=C. The van der Waals surface area contributed by atoms with E-state index in [1.807, 2.05) is 0 Å². The number of carbonyl (C=O) groups is 1. The maximum Gasteiger partial charge on any atom is 0.330 e. The standard InChI is InChI=1S/C8H12ClO3/c1-3-7(10)12-5-4-8(2,11)6-9/h3,11H,1-2,4-6H2. The molecule has 1 N–H and O–H groups in total. The van der Waals surface area contributed by atoms with Gasteiger partial charge < -0.3 is 9.84 Å². The lowest BCUT2D eigenvalue weighted by atomic mass is 10.1. The topological polar surface area (TPSA) is 46.5 Å². The molecular formula is C8H12ClO3. The van der Waals surface area contributed by atoms with Crippen LogP contribution >= 0.6 is 11.6 Å². The summed E-state index contributed by atoms with van der Waals surface area (Å²) in [7, 11) is 0. The molecule has 0 spiro atoms. The smallest absolute Gasteiger partial charge is 0.330 e. The third kappa shape index (κ3) is 5.16. The van der Waals surface area contributed by atoms with E-state index >= 15 is 0 Å². The molecule has 1 atom stereocenters. The molecule has 12 heavy (non-hydrogen) atoms. The fourth-order valence-electron chi connectivity index (χ4n) is 0.467. The van der Waals surface area contributed by atoms with Crippen LogP contribution in [0.15, 0.2) is 12.7 Å². The van der Waals surface area contributed by atoms with Crippen molar-refractivity contribution < 1.29 is 14.6 Å². The fourth-order valence-corrected chi connectivity index (χ4v) is 0.601. The van der Waals surface area contributed by atoms with E-state index in [-0.39, 0.29) is 18.9 Å². The summed E-state index contributed by atoms with van der Waals surface area (Å²) in [5.74, 6) is -0.501. The van der Waals surface area contributed by atoms with Gasteiger partial charge in [-0.25, -0.2) is 4.79 Å². The van der Waals surface area contributed by atoms with Crippen molar-refractivity contribution >= 4 is 17.6 Å². The van der Waals surface area contributed by atoms with Gasteiger partial charge in [0.15, 0.2) is 0 Å². The van der Waals surface area contributed by atoms with Gasteiger partial charge in [-0.3, -0.25) is 0 Å². The Labute approximate surface area is 77.0 Å². The van der Waals surface area contributed by atoms with Gasteiger partial charge in [-0.05, 0) is 6.92 Å². The quantitative estimate of drug-likeness (QED) is 0.399. The van der Waals surface area contributed by atoms with Crippen LogP contribution in [-0.2, 0) is 9.53 Å². The first-order chi connectivity index (χ1) is 5.52. The lowest BCUT2D eigenvalue weighted by molar-refractivity contribution is -0.138. The lowest BCUT2D eigenvalue weighted by Gasteiger charge is -2.18. The number of hydrogen-bond donors (Lipinski definition) is 1. The molecule has 1 radical (unpaired) electrons. The van der Waals surface area contributed by atoms with E-state index in [0.717, 1.165) is 6.08 Å². The predicted octanol–water partition coefficient (Wildman–Crippen LogP) is 0.910. The Morgan fingerprint density at radius 2 is 2.33 bits per heavy atom. The zero-order valence-corrected chi connectivity index (χ0v) is 7.51. The second-order valence-electron chi connectivity index (χ2n) is 2.48. The van der Waals surface area contributed by atoms with Crippen LogP contribution in [0.3, 0.4) is 0 Å². The van der Waals surface area contributed by atoms with Gasteiger partial charge in [-0.2, -0.15) is 0 Å². The minimum absolute atomic E-state index is 0.0125. The molecule has 0 amide bonds. The summed E-state index contributed by atoms with van der Waals surface area (Å²) >= 11 is 5.37. The molecule has 0 fully saturated rings. The van der Waals surface area contributed by atoms with Crippen molar-refractivity contribution in [2.45, 2.75) is 12.0 Å². The molecule has 0 aromatic rings. The molecule has 0 heterocycles. The van der Waals surface area contributed by atoms with Crippen molar-refractivity contribution in [1.29, 1.82) is 0 Å². The summed E-state index contributed by atoms with van der Waals surface area (Å²) in [6, 6.07) is 0. The minimum atomic E-state index is -1.22. The maximum absolute atomic E-state index is 10.5. The molecule has 0 aromatic heterocycles. The van der Waals surface area contributed by atoms with Crippen molar-refractivity contribution in [3.8, 4) is 0 Å². The zero-order valence-electron chi connectivity index (χ0n) is 6.75. The molecule has 0 saturated heterocycles. The maximum atomic E-state index is 10.5. The number of halogens is 1. The second kappa shape index (κ2) is 5.17. The zero-order chi connectivity index (χ0) is 9.61. The highest BCUT2D eigenvalue weighted by molar-refractivity contribution is 6.18. The molecule has 1 unspecified atom stereocenters. The molecule has 0 aliphatic heterocycles. The number of carbonyl (C=O) groups excluding carboxylic acids is 1. The van der Waals surface area contributed by atoms with E-state index in [0.29, 0.717) is 0 Å². The van der Waals surface area contributed by atoms with Gasteiger partial charge in [-0.1, -0.05) is 6.58 Å². The first-order valence-electron chi connectivity index (χ1n) is 3.45. The van der Waals surface area contributed by atoms with E-state index < -0.39 is 11.6 Å². The molecule has 4 heteroatoms. The van der Waals surface area contributed by atoms with Crippen molar-refractivity contribution in [3.05, 3.63) is 19.6 Å². The first-order valence-corrected chi connectivity index (χ1v) is 3.98. The Morgan fingerprint density at radius 1 is 1.75 bits per heavy atom. The van der Waals surface area contributed by atoms with Crippen LogP contribution in [0.1, 0.15) is 6.42 Å². The molecule has 0 rings (SSSR count). The molecule has 0 aromatic carbocycles. The molecule has 0 bridgehead atoms. The van der Waals surface area contributed by atoms with E-state index in [2.05, 4.69) is 18.2 Å². The fraction of sp³-hybridized carbons (Fsp3) is 0.500. The highest BCUT2D eigenvalue weighted by atomic mass is 35.5. The number of rotatable bonds is 5. The summed E-state index contributed by atoms with van der Waals surface area (Å²) in [5, 5.41) is 9.25. The summed E-state index contributed by atoms with van der Waals surface area (Å²) in [5.41, 5.74) is -1.22. The number of alkyl halides is 1. The van der Waals surface area contributed by atoms with Crippen molar-refractivity contribution in [2.75, 3.05) is 12.5 Å². The van der Waals surface area contributed by atoms with E-state index in [1.54, 1.807) is 0 Å². The largest absolute Gasteiger partial charge is 0.462 e. The first kappa shape index (κ1) is 11.5. The average molecular weight is 192 g/mol. The van der Waals surface area contributed by atoms with Gasteiger partial charge in [0.05, 0.1) is 18.1 Å². The van der Waals surface area contributed by atoms with Crippen LogP contribution < -0.4 is 0 Å². The third-order valence-electron chi connectivity index (χ3n) is 1.23. The van der Waals surface area contributed by atoms with Crippen LogP contribution in [-0.4, -0.2) is 29.2 Å². The Morgan fingerprint density at radius 3 is 2.75 bits per heavy atom. The summed E-state index contributed by atoms with van der Waals surface area (Å²) in [6.45, 7) is 6.73. The van der Waals surface area contributed by atoms with E-state index in [1.165, 1.54) is 0 Å². The summed E-state index contributed by atoms with van der Waals surface area (Å²) in [6.07, 6.45) is 1.28. The van der Waals surface area contributed by atoms with E-state index in [9.17, 15) is 9.90 Å². The number of esters is 1. The molecule has 3 nitrogen and oxygen atoms in total. The highest BCUT2D eigenvalue weighted by Crippen LogP contribution is 2.10. The van der Waals surface area contributed by atoms with Crippen molar-refractivity contribution in [2.24, 2.45) is 0 Å². The Bertz CT molecular complexity index is 166. The Hall–Kier alpha value is -0.540. The lowest BCUT2D eigenvalue weighted by Crippen LogP contribution is -2.28. The minimum Gasteiger partial charge on any atom is -0.462 e. The molecule has 0 aliphatic rings. The van der Waals surface area contributed by atoms with Gasteiger partial charge in [0.2, 0.25) is 0 Å². The van der Waals surface area contributed by atoms with Crippen LogP contribution in [0.2, 0.25) is 0 Å². The number of ether oxygens (including phenoxy) is 1. The number of aliphatic hydroxyl groups is 1. The van der Waals surface area contributed by atoms with Crippen LogP contribution in [0.5, 0.6) is 0 Å². The normalized spacial score (nSPS) is 14.9. The van der Waals surface area contributed by atoms with Crippen LogP contribution in [0, 0.1) is 6.92 Å². The Balaban J connectivity index is 3.56. The number of hydrogen-bond acceptors (Lipinski definition) is 3. The molecule has 0 saturated carbocycles. The second-order valence-corrected chi connectivity index (χ2v) is 2.75. The van der Waals surface area contributed by atoms with Gasteiger partial charge in [0.1, 0.15) is 0 Å². The van der Waals surface area contributed by atoms with Gasteiger partial charge in [0.25, 0.3) is 0 Å². The van der Waals surface area contributed by atoms with Gasteiger partial charge in [-0.15, -0.1) is 11.6 Å². The molecular weight excluding hydrogens is 180 g/mol. The van der Waals surface area contributed by atoms with E-state index in [4.69, 9.17) is 11.6 Å². The van der Waals surface area contributed by atoms with Gasteiger partial charge >= 0.3 is 5.97 Å². The average Bonchev–Trinajstić information content (AvgIpc) is 2.04. The molecule has 0 aliphatic carbocycles. The predicted molar refractivity (Wildman–Crippen MR) is 46.8 cm³/mol. The summed E-state index contributed by atoms with van der Waals surface area (Å²) in [4.78, 5) is 10.5. The molecule has 69 valence electrons. The van der Waals surface area contributed by atoms with Gasteiger partial charge in [0, 0.05) is 12.5 Å². The van der Waals surface area contributed by atoms with Crippen molar-refractivity contribution in [1.82, 2.24) is 0 Å². The monoisotopic (exact) mass is 191 g/mol. The highest BCUT2D eigenvalue weighted by Gasteiger charge is 2.18. The third-order valence-corrected chi connectivity index (χ3v) is 1.72.